The largest absolute Gasteiger partial charge is 0.493 e. The van der Waals surface area contributed by atoms with Crippen LogP contribution in [-0.2, 0) is 6.42 Å². The molecule has 3 amide bonds. The van der Waals surface area contributed by atoms with Crippen LogP contribution in [0.3, 0.4) is 0 Å². The number of nitrogens with one attached hydrogen (secondary N) is 1. The van der Waals surface area contributed by atoms with E-state index in [9.17, 15) is 14.0 Å². The van der Waals surface area contributed by atoms with E-state index in [4.69, 9.17) is 4.74 Å². The van der Waals surface area contributed by atoms with Crippen molar-refractivity contribution in [2.75, 3.05) is 38.1 Å². The molecule has 0 radical (unpaired) electrons. The normalized spacial score (nSPS) is 13.5. The molecule has 0 saturated carbocycles. The molecular weight excluding hydrogens is 425 g/mol. The third kappa shape index (κ3) is 6.03. The summed E-state index contributed by atoms with van der Waals surface area (Å²) in [6.45, 7) is 2.07. The van der Waals surface area contributed by atoms with E-state index in [1.54, 1.807) is 40.1 Å². The SMILES string of the molecule is O=C(Nc1cnccn1)N1CCN(C(=O)c2cccc(OCCc3cccc(F)c3)c2)CC1. The molecule has 0 bridgehead atoms. The predicted octanol–water partition coefficient (Wildman–Crippen LogP) is 3.23. The standard InChI is InChI=1S/C24H24FN5O3/c25-20-5-1-3-18(15-20)7-14-33-21-6-2-4-19(16-21)23(31)29-10-12-30(13-11-29)24(32)28-22-17-26-8-9-27-22/h1-6,8-9,15-17H,7,10-14H2,(H,27,28,32). The van der Waals surface area contributed by atoms with Crippen LogP contribution in [0.1, 0.15) is 15.9 Å². The molecule has 0 spiro atoms. The van der Waals surface area contributed by atoms with Gasteiger partial charge in [-0.3, -0.25) is 15.1 Å². The van der Waals surface area contributed by atoms with Gasteiger partial charge in [0.2, 0.25) is 0 Å². The summed E-state index contributed by atoms with van der Waals surface area (Å²) in [4.78, 5) is 36.6. The number of hydrogen-bond donors (Lipinski definition) is 1. The van der Waals surface area contributed by atoms with Crippen molar-refractivity contribution in [1.29, 1.82) is 0 Å². The molecule has 8 nitrogen and oxygen atoms in total. The number of ether oxygens (including phenoxy) is 1. The number of urea groups is 1. The van der Waals surface area contributed by atoms with Crippen LogP contribution in [0.4, 0.5) is 15.0 Å². The molecule has 1 saturated heterocycles. The maximum absolute atomic E-state index is 13.3. The molecule has 2 heterocycles. The minimum Gasteiger partial charge on any atom is -0.493 e. The summed E-state index contributed by atoms with van der Waals surface area (Å²) >= 11 is 0. The van der Waals surface area contributed by atoms with Crippen molar-refractivity contribution < 1.29 is 18.7 Å². The van der Waals surface area contributed by atoms with Gasteiger partial charge in [0.15, 0.2) is 5.82 Å². The van der Waals surface area contributed by atoms with Crippen LogP contribution < -0.4 is 10.1 Å². The van der Waals surface area contributed by atoms with Crippen LogP contribution in [0.2, 0.25) is 0 Å². The van der Waals surface area contributed by atoms with Crippen LogP contribution in [-0.4, -0.2) is 64.5 Å². The van der Waals surface area contributed by atoms with Gasteiger partial charge >= 0.3 is 6.03 Å². The number of anilines is 1. The first-order valence-corrected chi connectivity index (χ1v) is 10.7. The zero-order valence-corrected chi connectivity index (χ0v) is 18.0. The molecule has 0 unspecified atom stereocenters. The summed E-state index contributed by atoms with van der Waals surface area (Å²) in [5.41, 5.74) is 1.37. The van der Waals surface area contributed by atoms with E-state index >= 15 is 0 Å². The number of halogens is 1. The minimum atomic E-state index is -0.272. The Balaban J connectivity index is 1.27. The molecule has 1 aliphatic rings. The summed E-state index contributed by atoms with van der Waals surface area (Å²) in [7, 11) is 0. The highest BCUT2D eigenvalue weighted by Crippen LogP contribution is 2.17. The Labute approximate surface area is 191 Å². The maximum atomic E-state index is 13.3. The summed E-state index contributed by atoms with van der Waals surface area (Å²) < 4.78 is 19.1. The van der Waals surface area contributed by atoms with E-state index in [-0.39, 0.29) is 17.8 Å². The Kier molecular flexibility index (Phi) is 7.09. The quantitative estimate of drug-likeness (QED) is 0.624. The van der Waals surface area contributed by atoms with Crippen LogP contribution >= 0.6 is 0 Å². The zero-order valence-electron chi connectivity index (χ0n) is 18.0. The lowest BCUT2D eigenvalue weighted by Crippen LogP contribution is -2.51. The fourth-order valence-electron chi connectivity index (χ4n) is 3.55. The number of amides is 3. The van der Waals surface area contributed by atoms with Gasteiger partial charge in [0.25, 0.3) is 5.91 Å². The van der Waals surface area contributed by atoms with Crippen molar-refractivity contribution >= 4 is 17.8 Å². The summed E-state index contributed by atoms with van der Waals surface area (Å²) in [6.07, 6.45) is 5.08. The fraction of sp³-hybridized carbons (Fsp3) is 0.250. The number of rotatable bonds is 6. The molecule has 1 fully saturated rings. The highest BCUT2D eigenvalue weighted by molar-refractivity contribution is 5.95. The van der Waals surface area contributed by atoms with Crippen LogP contribution in [0.15, 0.2) is 67.1 Å². The monoisotopic (exact) mass is 449 g/mol. The number of benzene rings is 2. The van der Waals surface area contributed by atoms with Crippen LogP contribution in [0.25, 0.3) is 0 Å². The van der Waals surface area contributed by atoms with E-state index in [1.165, 1.54) is 30.7 Å². The van der Waals surface area contributed by atoms with E-state index in [1.807, 2.05) is 6.07 Å². The third-order valence-electron chi connectivity index (χ3n) is 5.28. The predicted molar refractivity (Wildman–Crippen MR) is 121 cm³/mol. The number of aromatic nitrogens is 2. The first-order valence-electron chi connectivity index (χ1n) is 10.7. The van der Waals surface area contributed by atoms with Gasteiger partial charge in [-0.05, 0) is 35.9 Å². The highest BCUT2D eigenvalue weighted by Gasteiger charge is 2.25. The smallest absolute Gasteiger partial charge is 0.323 e. The molecule has 3 aromatic rings. The van der Waals surface area contributed by atoms with Gasteiger partial charge < -0.3 is 14.5 Å². The van der Waals surface area contributed by atoms with Gasteiger partial charge in [0.05, 0.1) is 12.8 Å². The van der Waals surface area contributed by atoms with E-state index < -0.39 is 0 Å². The number of piperazine rings is 1. The number of carbonyl (C=O) groups is 2. The fourth-order valence-corrected chi connectivity index (χ4v) is 3.55. The first kappa shape index (κ1) is 22.2. The van der Waals surface area contributed by atoms with Crippen molar-refractivity contribution in [2.45, 2.75) is 6.42 Å². The molecular formula is C24H24FN5O3. The summed E-state index contributed by atoms with van der Waals surface area (Å²) in [6, 6.07) is 13.2. The maximum Gasteiger partial charge on any atom is 0.323 e. The molecule has 0 aliphatic carbocycles. The Morgan fingerprint density at radius 3 is 2.55 bits per heavy atom. The second-order valence-corrected chi connectivity index (χ2v) is 7.56. The zero-order chi connectivity index (χ0) is 23.0. The summed E-state index contributed by atoms with van der Waals surface area (Å²) in [5, 5.41) is 2.70. The second-order valence-electron chi connectivity index (χ2n) is 7.56. The molecule has 33 heavy (non-hydrogen) atoms. The molecule has 1 N–H and O–H groups in total. The highest BCUT2D eigenvalue weighted by atomic mass is 19.1. The van der Waals surface area contributed by atoms with Crippen molar-refractivity contribution in [2.24, 2.45) is 0 Å². The topological polar surface area (TPSA) is 87.7 Å². The van der Waals surface area contributed by atoms with Crippen LogP contribution in [0, 0.1) is 5.82 Å². The molecule has 4 rings (SSSR count). The number of nitrogens with zero attached hydrogens (tertiary/aromatic N) is 4. The average molecular weight is 449 g/mol. The number of hydrogen-bond acceptors (Lipinski definition) is 5. The minimum absolute atomic E-state index is 0.112. The van der Waals surface area contributed by atoms with Crippen molar-refractivity contribution in [3.05, 3.63) is 84.1 Å². The Hall–Kier alpha value is -4.01. The van der Waals surface area contributed by atoms with Crippen molar-refractivity contribution in [3.63, 3.8) is 0 Å². The van der Waals surface area contributed by atoms with Gasteiger partial charge in [-0.2, -0.15) is 0 Å². The first-order chi connectivity index (χ1) is 16.1. The molecule has 2 aromatic carbocycles. The van der Waals surface area contributed by atoms with E-state index in [0.29, 0.717) is 56.3 Å². The Bertz CT molecular complexity index is 1100. The van der Waals surface area contributed by atoms with Gasteiger partial charge in [-0.25, -0.2) is 14.2 Å². The molecule has 0 atom stereocenters. The molecule has 1 aromatic heterocycles. The molecule has 170 valence electrons. The lowest BCUT2D eigenvalue weighted by molar-refractivity contribution is 0.0671. The van der Waals surface area contributed by atoms with Gasteiger partial charge in [0.1, 0.15) is 11.6 Å². The third-order valence-corrected chi connectivity index (χ3v) is 5.28. The Morgan fingerprint density at radius 1 is 1.00 bits per heavy atom. The second kappa shape index (κ2) is 10.5. The van der Waals surface area contributed by atoms with Crippen molar-refractivity contribution in [1.82, 2.24) is 19.8 Å². The van der Waals surface area contributed by atoms with Crippen LogP contribution in [0.5, 0.6) is 5.75 Å². The van der Waals surface area contributed by atoms with Gasteiger partial charge in [-0.15, -0.1) is 0 Å². The van der Waals surface area contributed by atoms with E-state index in [0.717, 1.165) is 5.56 Å². The number of carbonyl (C=O) groups excluding carboxylic acids is 2. The summed E-state index contributed by atoms with van der Waals surface area (Å²) in [5.74, 6) is 0.584. The van der Waals surface area contributed by atoms with Gasteiger partial charge in [-0.1, -0.05) is 18.2 Å². The lowest BCUT2D eigenvalue weighted by atomic mass is 10.1. The van der Waals surface area contributed by atoms with Crippen molar-refractivity contribution in [3.8, 4) is 5.75 Å². The molecule has 1 aliphatic heterocycles. The van der Waals surface area contributed by atoms with E-state index in [2.05, 4.69) is 15.3 Å². The molecule has 9 heteroatoms. The lowest BCUT2D eigenvalue weighted by Gasteiger charge is -2.34. The average Bonchev–Trinajstić information content (AvgIpc) is 2.84. The van der Waals surface area contributed by atoms with Gasteiger partial charge in [0, 0.05) is 50.6 Å². The Morgan fingerprint density at radius 2 is 1.79 bits per heavy atom.